The maximum Gasteiger partial charge on any atom is 0.274 e. The fraction of sp³-hybridized carbons (Fsp3) is 0.200. The van der Waals surface area contributed by atoms with Gasteiger partial charge < -0.3 is 15.1 Å². The molecule has 28 heavy (non-hydrogen) atoms. The molecule has 3 heterocycles. The maximum atomic E-state index is 12.5. The minimum absolute atomic E-state index is 0.293. The molecule has 7 nitrogen and oxygen atoms in total. The number of piperazine rings is 1. The number of carbonyl (C=O) groups is 1. The summed E-state index contributed by atoms with van der Waals surface area (Å²) in [6, 6.07) is 14.6. The van der Waals surface area contributed by atoms with Gasteiger partial charge in [-0.25, -0.2) is 15.0 Å². The van der Waals surface area contributed by atoms with E-state index >= 15 is 0 Å². The third kappa shape index (κ3) is 4.20. The summed E-state index contributed by atoms with van der Waals surface area (Å²) < 4.78 is 0. The van der Waals surface area contributed by atoms with Crippen LogP contribution in [0.3, 0.4) is 0 Å². The number of pyridine rings is 1. The standard InChI is InChI=1S/C20H19ClN6O/c21-15-4-3-5-16(12-15)25-20(28)17-13-19(24-14-23-17)27-10-8-26(9-11-27)18-6-1-2-7-22-18/h1-7,12-14H,8-11H2,(H,25,28). The van der Waals surface area contributed by atoms with Crippen molar-refractivity contribution in [3.8, 4) is 0 Å². The first kappa shape index (κ1) is 18.2. The quantitative estimate of drug-likeness (QED) is 0.733. The molecular formula is C20H19ClN6O. The summed E-state index contributed by atoms with van der Waals surface area (Å²) in [5, 5.41) is 3.37. The van der Waals surface area contributed by atoms with Crippen LogP contribution < -0.4 is 15.1 Å². The highest BCUT2D eigenvalue weighted by atomic mass is 35.5. The van der Waals surface area contributed by atoms with Gasteiger partial charge in [0.1, 0.15) is 23.7 Å². The highest BCUT2D eigenvalue weighted by molar-refractivity contribution is 6.30. The molecule has 0 aliphatic carbocycles. The molecule has 2 aromatic heterocycles. The van der Waals surface area contributed by atoms with E-state index in [0.29, 0.717) is 16.4 Å². The van der Waals surface area contributed by atoms with Gasteiger partial charge in [0.05, 0.1) is 0 Å². The summed E-state index contributed by atoms with van der Waals surface area (Å²) in [6.45, 7) is 3.27. The summed E-state index contributed by atoms with van der Waals surface area (Å²) in [4.78, 5) is 29.8. The smallest absolute Gasteiger partial charge is 0.274 e. The van der Waals surface area contributed by atoms with Crippen molar-refractivity contribution in [1.29, 1.82) is 0 Å². The fourth-order valence-electron chi connectivity index (χ4n) is 3.11. The van der Waals surface area contributed by atoms with E-state index in [4.69, 9.17) is 11.6 Å². The van der Waals surface area contributed by atoms with E-state index in [2.05, 4.69) is 30.1 Å². The number of halogens is 1. The molecule has 3 aromatic rings. The lowest BCUT2D eigenvalue weighted by molar-refractivity contribution is 0.102. The molecule has 8 heteroatoms. The van der Waals surface area contributed by atoms with E-state index < -0.39 is 0 Å². The van der Waals surface area contributed by atoms with Crippen molar-refractivity contribution in [3.63, 3.8) is 0 Å². The van der Waals surface area contributed by atoms with Gasteiger partial charge in [0.15, 0.2) is 0 Å². The molecule has 0 bridgehead atoms. The average molecular weight is 395 g/mol. The third-order valence-corrected chi connectivity index (χ3v) is 4.78. The number of nitrogens with zero attached hydrogens (tertiary/aromatic N) is 5. The molecule has 0 unspecified atom stereocenters. The second-order valence-electron chi connectivity index (χ2n) is 6.39. The van der Waals surface area contributed by atoms with Gasteiger partial charge in [0.2, 0.25) is 0 Å². The van der Waals surface area contributed by atoms with Crippen LogP contribution in [-0.4, -0.2) is 47.0 Å². The fourth-order valence-corrected chi connectivity index (χ4v) is 3.30. The number of nitrogens with one attached hydrogen (secondary N) is 1. The molecule has 0 radical (unpaired) electrons. The van der Waals surface area contributed by atoms with Gasteiger partial charge in [-0.1, -0.05) is 23.7 Å². The topological polar surface area (TPSA) is 74.2 Å². The van der Waals surface area contributed by atoms with Gasteiger partial charge in [0.25, 0.3) is 5.91 Å². The lowest BCUT2D eigenvalue weighted by atomic mass is 10.2. The third-order valence-electron chi connectivity index (χ3n) is 4.54. The van der Waals surface area contributed by atoms with E-state index in [1.165, 1.54) is 6.33 Å². The molecule has 1 aliphatic heterocycles. The molecule has 0 saturated carbocycles. The summed E-state index contributed by atoms with van der Waals surface area (Å²) in [5.41, 5.74) is 0.943. The highest BCUT2D eigenvalue weighted by Crippen LogP contribution is 2.19. The Hall–Kier alpha value is -3.19. The van der Waals surface area contributed by atoms with Crippen molar-refractivity contribution in [2.75, 3.05) is 41.3 Å². The molecule has 142 valence electrons. The van der Waals surface area contributed by atoms with Crippen LogP contribution in [0.4, 0.5) is 17.3 Å². The Balaban J connectivity index is 1.42. The van der Waals surface area contributed by atoms with Gasteiger partial charge >= 0.3 is 0 Å². The lowest BCUT2D eigenvalue weighted by Crippen LogP contribution is -2.47. The van der Waals surface area contributed by atoms with Crippen LogP contribution >= 0.6 is 11.6 Å². The Morgan fingerprint density at radius 2 is 1.68 bits per heavy atom. The molecule has 1 N–H and O–H groups in total. The zero-order valence-corrected chi connectivity index (χ0v) is 15.9. The van der Waals surface area contributed by atoms with Crippen LogP contribution in [0.15, 0.2) is 61.1 Å². The van der Waals surface area contributed by atoms with Crippen LogP contribution in [0.2, 0.25) is 5.02 Å². The molecule has 1 aliphatic rings. The molecule has 1 aromatic carbocycles. The number of hydrogen-bond acceptors (Lipinski definition) is 6. The van der Waals surface area contributed by atoms with E-state index in [1.807, 2.05) is 18.2 Å². The second-order valence-corrected chi connectivity index (χ2v) is 6.82. The van der Waals surface area contributed by atoms with E-state index in [1.54, 1.807) is 36.5 Å². The normalized spacial score (nSPS) is 14.0. The number of benzene rings is 1. The Morgan fingerprint density at radius 1 is 0.893 bits per heavy atom. The Morgan fingerprint density at radius 3 is 2.39 bits per heavy atom. The minimum Gasteiger partial charge on any atom is -0.353 e. The number of rotatable bonds is 4. The Kier molecular flexibility index (Phi) is 5.34. The molecular weight excluding hydrogens is 376 g/mol. The summed E-state index contributed by atoms with van der Waals surface area (Å²) in [7, 11) is 0. The molecule has 1 amide bonds. The van der Waals surface area contributed by atoms with Gasteiger partial charge in [-0.05, 0) is 30.3 Å². The summed E-state index contributed by atoms with van der Waals surface area (Å²) in [6.07, 6.45) is 3.23. The monoisotopic (exact) mass is 394 g/mol. The molecule has 1 fully saturated rings. The zero-order valence-electron chi connectivity index (χ0n) is 15.1. The van der Waals surface area contributed by atoms with Crippen LogP contribution in [0.25, 0.3) is 0 Å². The van der Waals surface area contributed by atoms with Crippen molar-refractivity contribution in [2.24, 2.45) is 0 Å². The van der Waals surface area contributed by atoms with Gasteiger partial charge in [0, 0.05) is 49.2 Å². The summed E-state index contributed by atoms with van der Waals surface area (Å²) >= 11 is 5.97. The predicted octanol–water partition coefficient (Wildman–Crippen LogP) is 3.10. The molecule has 4 rings (SSSR count). The van der Waals surface area contributed by atoms with Gasteiger partial charge in [-0.3, -0.25) is 4.79 Å². The minimum atomic E-state index is -0.293. The molecule has 0 spiro atoms. The summed E-state index contributed by atoms with van der Waals surface area (Å²) in [5.74, 6) is 1.43. The number of hydrogen-bond donors (Lipinski definition) is 1. The van der Waals surface area contributed by atoms with E-state index in [-0.39, 0.29) is 5.91 Å². The van der Waals surface area contributed by atoms with Crippen molar-refractivity contribution in [3.05, 3.63) is 71.8 Å². The van der Waals surface area contributed by atoms with Gasteiger partial charge in [-0.2, -0.15) is 0 Å². The maximum absolute atomic E-state index is 12.5. The van der Waals surface area contributed by atoms with Crippen LogP contribution in [0.1, 0.15) is 10.5 Å². The van der Waals surface area contributed by atoms with Crippen molar-refractivity contribution in [1.82, 2.24) is 15.0 Å². The number of amides is 1. The van der Waals surface area contributed by atoms with Crippen LogP contribution in [0, 0.1) is 0 Å². The highest BCUT2D eigenvalue weighted by Gasteiger charge is 2.20. The SMILES string of the molecule is O=C(Nc1cccc(Cl)c1)c1cc(N2CCN(c3ccccn3)CC2)ncn1. The number of aromatic nitrogens is 3. The van der Waals surface area contributed by atoms with Crippen LogP contribution in [0.5, 0.6) is 0 Å². The number of carbonyl (C=O) groups excluding carboxylic acids is 1. The van der Waals surface area contributed by atoms with Gasteiger partial charge in [-0.15, -0.1) is 0 Å². The van der Waals surface area contributed by atoms with E-state index in [0.717, 1.165) is 37.8 Å². The second kappa shape index (κ2) is 8.22. The Labute approximate surface area is 168 Å². The van der Waals surface area contributed by atoms with Crippen molar-refractivity contribution in [2.45, 2.75) is 0 Å². The predicted molar refractivity (Wildman–Crippen MR) is 110 cm³/mol. The molecule has 0 atom stereocenters. The first-order chi connectivity index (χ1) is 13.7. The average Bonchev–Trinajstić information content (AvgIpc) is 2.75. The first-order valence-electron chi connectivity index (χ1n) is 8.99. The van der Waals surface area contributed by atoms with Crippen molar-refractivity contribution >= 4 is 34.8 Å². The lowest BCUT2D eigenvalue weighted by Gasteiger charge is -2.36. The van der Waals surface area contributed by atoms with Crippen molar-refractivity contribution < 1.29 is 4.79 Å². The molecule has 1 saturated heterocycles. The first-order valence-corrected chi connectivity index (χ1v) is 9.37. The van der Waals surface area contributed by atoms with Crippen LogP contribution in [-0.2, 0) is 0 Å². The van der Waals surface area contributed by atoms with E-state index in [9.17, 15) is 4.79 Å². The zero-order chi connectivity index (χ0) is 19.3. The Bertz CT molecular complexity index is 960. The largest absolute Gasteiger partial charge is 0.353 e. The number of anilines is 3.